The monoisotopic (exact) mass is 496 g/mol. The van der Waals surface area contributed by atoms with Gasteiger partial charge in [-0.3, -0.25) is 24.1 Å². The minimum absolute atomic E-state index is 0.156. The van der Waals surface area contributed by atoms with Crippen molar-refractivity contribution in [2.24, 2.45) is 0 Å². The lowest BCUT2D eigenvalue weighted by atomic mass is 10.0. The Balaban J connectivity index is 1.56. The van der Waals surface area contributed by atoms with Crippen LogP contribution in [0, 0.1) is 0 Å². The van der Waals surface area contributed by atoms with E-state index in [0.717, 1.165) is 27.9 Å². The zero-order valence-corrected chi connectivity index (χ0v) is 20.9. The summed E-state index contributed by atoms with van der Waals surface area (Å²) in [6, 6.07) is 14.4. The minimum atomic E-state index is -0.637. The number of nitrogens with one attached hydrogen (secondary N) is 1. The molecule has 0 atom stereocenters. The van der Waals surface area contributed by atoms with E-state index in [2.05, 4.69) is 19.2 Å². The Morgan fingerprint density at radius 2 is 1.71 bits per heavy atom. The molecule has 8 nitrogen and oxygen atoms in total. The first kappa shape index (κ1) is 26.0. The quantitative estimate of drug-likeness (QED) is 0.392. The molecule has 0 radical (unpaired) electrons. The number of amides is 3. The second-order valence-electron chi connectivity index (χ2n) is 8.45. The summed E-state index contributed by atoms with van der Waals surface area (Å²) in [5.41, 5.74) is 2.48. The van der Waals surface area contributed by atoms with Gasteiger partial charge in [0, 0.05) is 5.69 Å². The van der Waals surface area contributed by atoms with Crippen molar-refractivity contribution in [1.82, 2.24) is 4.90 Å². The molecule has 2 aromatic carbocycles. The van der Waals surface area contributed by atoms with E-state index in [4.69, 9.17) is 9.47 Å². The van der Waals surface area contributed by atoms with Gasteiger partial charge in [-0.2, -0.15) is 0 Å². The lowest BCUT2D eigenvalue weighted by Crippen LogP contribution is -2.35. The highest BCUT2D eigenvalue weighted by molar-refractivity contribution is 8.18. The van der Waals surface area contributed by atoms with Gasteiger partial charge in [0.15, 0.2) is 6.61 Å². The molecule has 1 saturated heterocycles. The summed E-state index contributed by atoms with van der Waals surface area (Å²) in [6.45, 7) is 6.93. The van der Waals surface area contributed by atoms with Gasteiger partial charge in [0.2, 0.25) is 0 Å². The summed E-state index contributed by atoms with van der Waals surface area (Å²) in [5, 5.41) is 2.35. The van der Waals surface area contributed by atoms with E-state index in [9.17, 15) is 19.2 Å². The number of benzene rings is 2. The molecule has 9 heteroatoms. The highest BCUT2D eigenvalue weighted by Gasteiger charge is 2.36. The van der Waals surface area contributed by atoms with Gasteiger partial charge < -0.3 is 14.8 Å². The maximum absolute atomic E-state index is 12.5. The van der Waals surface area contributed by atoms with Crippen molar-refractivity contribution in [3.05, 3.63) is 64.6 Å². The van der Waals surface area contributed by atoms with Gasteiger partial charge in [0.1, 0.15) is 12.3 Å². The Bertz CT molecular complexity index is 1140. The standard InChI is InChI=1S/C26H28N2O6S/c1-16(2)20-7-5-6-8-21(20)27-23(29)15-33-19-11-9-18(10-12-19)13-22-25(31)28(26(32)35-22)14-24(30)34-17(3)4/h5-13,16-17H,14-15H2,1-4H3,(H,27,29). The average molecular weight is 497 g/mol. The second kappa shape index (κ2) is 11.7. The molecule has 2 aromatic rings. The number of rotatable bonds is 9. The summed E-state index contributed by atoms with van der Waals surface area (Å²) < 4.78 is 10.6. The van der Waals surface area contributed by atoms with Gasteiger partial charge in [-0.1, -0.05) is 44.2 Å². The maximum Gasteiger partial charge on any atom is 0.326 e. The van der Waals surface area contributed by atoms with Crippen molar-refractivity contribution in [2.75, 3.05) is 18.5 Å². The number of hydrogen-bond donors (Lipinski definition) is 1. The molecule has 0 unspecified atom stereocenters. The number of para-hydroxylation sites is 1. The third kappa shape index (κ3) is 7.19. The van der Waals surface area contributed by atoms with E-state index < -0.39 is 23.7 Å². The normalized spacial score (nSPS) is 14.7. The first-order valence-electron chi connectivity index (χ1n) is 11.2. The van der Waals surface area contributed by atoms with Crippen LogP contribution in [0.5, 0.6) is 5.75 Å². The number of carbonyl (C=O) groups excluding carboxylic acids is 4. The highest BCUT2D eigenvalue weighted by Crippen LogP contribution is 2.32. The van der Waals surface area contributed by atoms with Crippen LogP contribution in [-0.4, -0.2) is 47.2 Å². The first-order valence-corrected chi connectivity index (χ1v) is 12.0. The predicted molar refractivity (Wildman–Crippen MR) is 135 cm³/mol. The first-order chi connectivity index (χ1) is 16.6. The molecule has 1 aliphatic heterocycles. The molecule has 0 bridgehead atoms. The molecule has 1 heterocycles. The number of carbonyl (C=O) groups is 4. The fourth-order valence-electron chi connectivity index (χ4n) is 3.33. The van der Waals surface area contributed by atoms with E-state index in [1.54, 1.807) is 44.2 Å². The van der Waals surface area contributed by atoms with E-state index in [-0.39, 0.29) is 29.4 Å². The van der Waals surface area contributed by atoms with Crippen molar-refractivity contribution in [1.29, 1.82) is 0 Å². The summed E-state index contributed by atoms with van der Waals surface area (Å²) >= 11 is 0.766. The number of imide groups is 1. The van der Waals surface area contributed by atoms with Gasteiger partial charge in [-0.05, 0) is 66.9 Å². The fraction of sp³-hybridized carbons (Fsp3) is 0.308. The van der Waals surface area contributed by atoms with Crippen LogP contribution in [0.3, 0.4) is 0 Å². The Labute approximate surface area is 208 Å². The molecule has 3 rings (SSSR count). The molecule has 0 aromatic heterocycles. The van der Waals surface area contributed by atoms with Gasteiger partial charge >= 0.3 is 5.97 Å². The minimum Gasteiger partial charge on any atom is -0.484 e. The summed E-state index contributed by atoms with van der Waals surface area (Å²) in [7, 11) is 0. The van der Waals surface area contributed by atoms with E-state index >= 15 is 0 Å². The molecular weight excluding hydrogens is 468 g/mol. The van der Waals surface area contributed by atoms with Crippen LogP contribution in [-0.2, 0) is 19.1 Å². The molecule has 184 valence electrons. The number of hydrogen-bond acceptors (Lipinski definition) is 7. The van der Waals surface area contributed by atoms with Crippen LogP contribution in [0.1, 0.15) is 44.7 Å². The second-order valence-corrected chi connectivity index (χ2v) is 9.45. The summed E-state index contributed by atoms with van der Waals surface area (Å²) in [6.07, 6.45) is 1.23. The SMILES string of the molecule is CC(C)OC(=O)CN1C(=O)SC(=Cc2ccc(OCC(=O)Nc3ccccc3C(C)C)cc2)C1=O. The molecule has 0 spiro atoms. The molecule has 0 aliphatic carbocycles. The van der Waals surface area contributed by atoms with E-state index in [0.29, 0.717) is 11.3 Å². The zero-order valence-electron chi connectivity index (χ0n) is 20.1. The third-order valence-electron chi connectivity index (χ3n) is 4.93. The average Bonchev–Trinajstić information content (AvgIpc) is 3.05. The molecule has 1 N–H and O–H groups in total. The van der Waals surface area contributed by atoms with Crippen LogP contribution < -0.4 is 10.1 Å². The van der Waals surface area contributed by atoms with Gasteiger partial charge in [-0.15, -0.1) is 0 Å². The van der Waals surface area contributed by atoms with Crippen molar-refractivity contribution >= 4 is 46.5 Å². The Hall–Kier alpha value is -3.59. The topological polar surface area (TPSA) is 102 Å². The maximum atomic E-state index is 12.5. The molecular formula is C26H28N2O6S. The van der Waals surface area contributed by atoms with Crippen molar-refractivity contribution < 1.29 is 28.7 Å². The molecule has 1 fully saturated rings. The number of ether oxygens (including phenoxy) is 2. The largest absolute Gasteiger partial charge is 0.484 e. The van der Waals surface area contributed by atoms with Crippen LogP contribution >= 0.6 is 11.8 Å². The lowest BCUT2D eigenvalue weighted by molar-refractivity contribution is -0.149. The number of nitrogens with zero attached hydrogens (tertiary/aromatic N) is 1. The lowest BCUT2D eigenvalue weighted by Gasteiger charge is -2.14. The van der Waals surface area contributed by atoms with Crippen molar-refractivity contribution in [3.8, 4) is 5.75 Å². The van der Waals surface area contributed by atoms with Crippen LogP contribution in [0.2, 0.25) is 0 Å². The Kier molecular flexibility index (Phi) is 8.70. The molecule has 3 amide bonds. The van der Waals surface area contributed by atoms with E-state index in [1.807, 2.05) is 24.3 Å². The van der Waals surface area contributed by atoms with Gasteiger partial charge in [0.25, 0.3) is 17.1 Å². The smallest absolute Gasteiger partial charge is 0.326 e. The zero-order chi connectivity index (χ0) is 25.5. The third-order valence-corrected chi connectivity index (χ3v) is 5.84. The van der Waals surface area contributed by atoms with Crippen molar-refractivity contribution in [2.45, 2.75) is 39.7 Å². The van der Waals surface area contributed by atoms with Crippen LogP contribution in [0.25, 0.3) is 6.08 Å². The molecule has 1 aliphatic rings. The summed E-state index contributed by atoms with van der Waals surface area (Å²) in [5.74, 6) is -0.692. The summed E-state index contributed by atoms with van der Waals surface area (Å²) in [4.78, 5) is 49.9. The van der Waals surface area contributed by atoms with Crippen LogP contribution in [0.15, 0.2) is 53.4 Å². The predicted octanol–water partition coefficient (Wildman–Crippen LogP) is 4.82. The molecule has 0 saturated carbocycles. The number of thioether (sulfide) groups is 1. The van der Waals surface area contributed by atoms with Crippen LogP contribution in [0.4, 0.5) is 10.5 Å². The Morgan fingerprint density at radius 3 is 2.37 bits per heavy atom. The number of anilines is 1. The highest BCUT2D eigenvalue weighted by atomic mass is 32.2. The Morgan fingerprint density at radius 1 is 1.03 bits per heavy atom. The van der Waals surface area contributed by atoms with Gasteiger partial charge in [-0.25, -0.2) is 0 Å². The van der Waals surface area contributed by atoms with E-state index in [1.165, 1.54) is 0 Å². The van der Waals surface area contributed by atoms with Gasteiger partial charge in [0.05, 0.1) is 11.0 Å². The number of esters is 1. The molecule has 35 heavy (non-hydrogen) atoms. The van der Waals surface area contributed by atoms with Crippen molar-refractivity contribution in [3.63, 3.8) is 0 Å². The fourth-order valence-corrected chi connectivity index (χ4v) is 4.16.